The van der Waals surface area contributed by atoms with Gasteiger partial charge in [-0.2, -0.15) is 11.3 Å². The molecule has 0 spiro atoms. The van der Waals surface area contributed by atoms with Gasteiger partial charge in [0.1, 0.15) is 9.84 Å². The Morgan fingerprint density at radius 3 is 2.08 bits per heavy atom. The van der Waals surface area contributed by atoms with E-state index in [4.69, 9.17) is 0 Å². The second kappa shape index (κ2) is 4.77. The van der Waals surface area contributed by atoms with Gasteiger partial charge in [-0.15, -0.1) is 0 Å². The van der Waals surface area contributed by atoms with Crippen molar-refractivity contribution in [2.75, 3.05) is 11.5 Å². The highest BCUT2D eigenvalue weighted by atomic mass is 32.2. The molecule has 0 amide bonds. The number of rotatable bonds is 0. The van der Waals surface area contributed by atoms with Crippen LogP contribution in [-0.2, 0) is 9.84 Å². The number of sulfone groups is 1. The highest BCUT2D eigenvalue weighted by molar-refractivity contribution is 7.91. The third-order valence-corrected chi connectivity index (χ3v) is 4.45. The number of hydrogen-bond acceptors (Lipinski definition) is 3. The molecule has 1 aliphatic rings. The lowest BCUT2D eigenvalue weighted by Crippen LogP contribution is -1.98. The Hall–Kier alpha value is -0.350. The van der Waals surface area contributed by atoms with E-state index in [-0.39, 0.29) is 0 Å². The van der Waals surface area contributed by atoms with Crippen molar-refractivity contribution in [1.29, 1.82) is 0 Å². The highest BCUT2D eigenvalue weighted by Crippen LogP contribution is 2.08. The molecule has 13 heavy (non-hydrogen) atoms. The topological polar surface area (TPSA) is 34.1 Å². The number of hydrogen-bond donors (Lipinski definition) is 0. The summed E-state index contributed by atoms with van der Waals surface area (Å²) < 4.78 is 20.9. The van der Waals surface area contributed by atoms with Crippen LogP contribution in [-0.4, -0.2) is 19.9 Å². The molecule has 0 bridgehead atoms. The van der Waals surface area contributed by atoms with Crippen molar-refractivity contribution in [2.45, 2.75) is 19.8 Å². The van der Waals surface area contributed by atoms with Crippen molar-refractivity contribution in [3.63, 3.8) is 0 Å². The summed E-state index contributed by atoms with van der Waals surface area (Å²) in [4.78, 5) is 0. The molecule has 74 valence electrons. The molecule has 1 fully saturated rings. The fraction of sp³-hybridized carbons (Fsp3) is 0.556. The van der Waals surface area contributed by atoms with Crippen LogP contribution in [0.1, 0.15) is 18.4 Å². The molecule has 2 heterocycles. The van der Waals surface area contributed by atoms with E-state index in [9.17, 15) is 8.42 Å². The summed E-state index contributed by atoms with van der Waals surface area (Å²) in [5.74, 6) is 0.847. The Labute approximate surface area is 83.5 Å². The molecule has 0 N–H and O–H groups in total. The van der Waals surface area contributed by atoms with E-state index in [1.807, 2.05) is 0 Å². The molecule has 0 unspecified atom stereocenters. The van der Waals surface area contributed by atoms with Crippen LogP contribution >= 0.6 is 11.3 Å². The predicted molar refractivity (Wildman–Crippen MR) is 56.9 cm³/mol. The zero-order valence-corrected chi connectivity index (χ0v) is 9.33. The molecule has 0 aromatic carbocycles. The second-order valence-electron chi connectivity index (χ2n) is 3.16. The van der Waals surface area contributed by atoms with E-state index in [1.54, 1.807) is 11.3 Å². The van der Waals surface area contributed by atoms with Gasteiger partial charge in [-0.05, 0) is 42.2 Å². The standard InChI is InChI=1S/C5H6S.C4H8O2S/c1-5-2-3-6-4-5;5-7(6)3-1-2-4-7/h2-4H,1H3;1-4H2. The Kier molecular flexibility index (Phi) is 3.93. The average Bonchev–Trinajstić information content (AvgIpc) is 2.62. The smallest absolute Gasteiger partial charge is 0.150 e. The van der Waals surface area contributed by atoms with Gasteiger partial charge in [0.2, 0.25) is 0 Å². The zero-order chi connectivity index (χ0) is 9.73. The lowest BCUT2D eigenvalue weighted by molar-refractivity contribution is 0.602. The first kappa shape index (κ1) is 10.7. The second-order valence-corrected chi connectivity index (χ2v) is 6.24. The van der Waals surface area contributed by atoms with Gasteiger partial charge < -0.3 is 0 Å². The summed E-state index contributed by atoms with van der Waals surface area (Å²) in [6.07, 6.45) is 1.75. The largest absolute Gasteiger partial charge is 0.229 e. The van der Waals surface area contributed by atoms with Gasteiger partial charge in [0.05, 0.1) is 11.5 Å². The first-order valence-corrected chi connectivity index (χ1v) is 7.06. The van der Waals surface area contributed by atoms with Crippen LogP contribution in [0.5, 0.6) is 0 Å². The molecule has 1 aromatic rings. The van der Waals surface area contributed by atoms with Gasteiger partial charge in [-0.25, -0.2) is 8.42 Å². The van der Waals surface area contributed by atoms with E-state index in [2.05, 4.69) is 23.8 Å². The normalized spacial score (nSPS) is 19.2. The monoisotopic (exact) mass is 218 g/mol. The van der Waals surface area contributed by atoms with Gasteiger partial charge in [0.15, 0.2) is 0 Å². The van der Waals surface area contributed by atoms with Gasteiger partial charge >= 0.3 is 0 Å². The fourth-order valence-corrected chi connectivity index (χ4v) is 3.24. The summed E-state index contributed by atoms with van der Waals surface area (Å²) in [5, 5.41) is 4.20. The summed E-state index contributed by atoms with van der Waals surface area (Å²) >= 11 is 1.74. The Balaban J connectivity index is 0.000000132. The minimum atomic E-state index is -2.55. The molecule has 1 saturated heterocycles. The minimum absolute atomic E-state index is 0.424. The zero-order valence-electron chi connectivity index (χ0n) is 7.69. The summed E-state index contributed by atoms with van der Waals surface area (Å²) in [6, 6.07) is 2.10. The van der Waals surface area contributed by atoms with E-state index in [0.717, 1.165) is 12.8 Å². The van der Waals surface area contributed by atoms with Crippen LogP contribution in [0, 0.1) is 6.92 Å². The maximum atomic E-state index is 10.4. The third-order valence-electron chi connectivity index (χ3n) is 1.82. The average molecular weight is 218 g/mol. The maximum Gasteiger partial charge on any atom is 0.150 e. The molecule has 1 aromatic heterocycles. The van der Waals surface area contributed by atoms with Crippen LogP contribution in [0.25, 0.3) is 0 Å². The molecule has 1 aliphatic heterocycles. The Bertz CT molecular complexity index is 313. The van der Waals surface area contributed by atoms with Gasteiger partial charge in [0.25, 0.3) is 0 Å². The molecular formula is C9H14O2S2. The van der Waals surface area contributed by atoms with E-state index in [0.29, 0.717) is 11.5 Å². The van der Waals surface area contributed by atoms with Crippen LogP contribution in [0.2, 0.25) is 0 Å². The van der Waals surface area contributed by atoms with Crippen molar-refractivity contribution >= 4 is 21.2 Å². The van der Waals surface area contributed by atoms with Crippen LogP contribution in [0.3, 0.4) is 0 Å². The summed E-state index contributed by atoms with van der Waals surface area (Å²) in [6.45, 7) is 2.09. The Morgan fingerprint density at radius 2 is 1.92 bits per heavy atom. The van der Waals surface area contributed by atoms with E-state index >= 15 is 0 Å². The van der Waals surface area contributed by atoms with E-state index in [1.165, 1.54) is 5.56 Å². The van der Waals surface area contributed by atoms with Gasteiger partial charge in [-0.1, -0.05) is 0 Å². The molecule has 0 aliphatic carbocycles. The van der Waals surface area contributed by atoms with Crippen LogP contribution in [0.4, 0.5) is 0 Å². The SMILES string of the molecule is Cc1ccsc1.O=S1(=O)CCCC1. The molecule has 0 atom stereocenters. The lowest BCUT2D eigenvalue weighted by Gasteiger charge is -1.81. The number of aryl methyl sites for hydroxylation is 1. The lowest BCUT2D eigenvalue weighted by atomic mass is 10.4. The summed E-state index contributed by atoms with van der Waals surface area (Å²) in [7, 11) is -2.55. The molecule has 2 nitrogen and oxygen atoms in total. The molecule has 0 saturated carbocycles. The van der Waals surface area contributed by atoms with Crippen LogP contribution in [0.15, 0.2) is 16.8 Å². The number of thiophene rings is 1. The first-order valence-electron chi connectivity index (χ1n) is 4.29. The maximum absolute atomic E-state index is 10.4. The van der Waals surface area contributed by atoms with Gasteiger partial charge in [0, 0.05) is 0 Å². The summed E-state index contributed by atoms with van der Waals surface area (Å²) in [5.41, 5.74) is 1.36. The van der Waals surface area contributed by atoms with Crippen molar-refractivity contribution in [3.8, 4) is 0 Å². The first-order chi connectivity index (χ1) is 6.10. The fourth-order valence-electron chi connectivity index (χ4n) is 1.08. The quantitative estimate of drug-likeness (QED) is 0.669. The molecule has 2 rings (SSSR count). The van der Waals surface area contributed by atoms with Crippen molar-refractivity contribution in [3.05, 3.63) is 22.4 Å². The minimum Gasteiger partial charge on any atom is -0.229 e. The Morgan fingerprint density at radius 1 is 1.31 bits per heavy atom. The molecule has 4 heteroatoms. The van der Waals surface area contributed by atoms with Crippen molar-refractivity contribution < 1.29 is 8.42 Å². The van der Waals surface area contributed by atoms with Crippen molar-refractivity contribution in [1.82, 2.24) is 0 Å². The third kappa shape index (κ3) is 4.43. The molecule has 0 radical (unpaired) electrons. The molecular weight excluding hydrogens is 204 g/mol. The predicted octanol–water partition coefficient (Wildman–Crippen LogP) is 2.25. The highest BCUT2D eigenvalue weighted by Gasteiger charge is 2.16. The van der Waals surface area contributed by atoms with Crippen LogP contribution < -0.4 is 0 Å². The van der Waals surface area contributed by atoms with Gasteiger partial charge in [-0.3, -0.25) is 0 Å². The van der Waals surface area contributed by atoms with Crippen molar-refractivity contribution in [2.24, 2.45) is 0 Å². The van der Waals surface area contributed by atoms with E-state index < -0.39 is 9.84 Å².